The maximum absolute atomic E-state index is 12.5. The van der Waals surface area contributed by atoms with Crippen molar-refractivity contribution in [1.82, 2.24) is 0 Å². The lowest BCUT2D eigenvalue weighted by Gasteiger charge is -2.33. The highest BCUT2D eigenvalue weighted by atomic mass is 32.1. The Labute approximate surface area is 176 Å². The normalized spacial score (nSPS) is 16.2. The summed E-state index contributed by atoms with van der Waals surface area (Å²) in [5, 5.41) is 3.40. The van der Waals surface area contributed by atoms with Crippen LogP contribution in [0.1, 0.15) is 59.1 Å². The second-order valence-electron chi connectivity index (χ2n) is 8.96. The second-order valence-corrected chi connectivity index (χ2v) is 10.1. The maximum atomic E-state index is 12.5. The Hall–Kier alpha value is -2.34. The lowest BCUT2D eigenvalue weighted by molar-refractivity contribution is -0.118. The van der Waals surface area contributed by atoms with E-state index in [-0.39, 0.29) is 17.9 Å². The van der Waals surface area contributed by atoms with E-state index in [4.69, 9.17) is 10.5 Å². The van der Waals surface area contributed by atoms with E-state index in [0.29, 0.717) is 22.2 Å². The van der Waals surface area contributed by atoms with Crippen LogP contribution in [0.2, 0.25) is 0 Å². The third kappa shape index (κ3) is 4.81. The van der Waals surface area contributed by atoms with Crippen molar-refractivity contribution in [2.75, 3.05) is 11.9 Å². The number of nitrogens with one attached hydrogen (secondary N) is 1. The average molecular weight is 415 g/mol. The summed E-state index contributed by atoms with van der Waals surface area (Å²) >= 11 is 1.48. The zero-order chi connectivity index (χ0) is 21.3. The van der Waals surface area contributed by atoms with Crippen LogP contribution < -0.4 is 15.8 Å². The fourth-order valence-corrected chi connectivity index (χ4v) is 5.14. The molecule has 1 aromatic heterocycles. The Morgan fingerprint density at radius 1 is 1.24 bits per heavy atom. The summed E-state index contributed by atoms with van der Waals surface area (Å²) in [4.78, 5) is 25.7. The van der Waals surface area contributed by atoms with Crippen LogP contribution in [0.15, 0.2) is 18.2 Å². The number of hydrogen-bond donors (Lipinski definition) is 2. The van der Waals surface area contributed by atoms with Crippen LogP contribution in [0.3, 0.4) is 0 Å². The number of nitrogens with two attached hydrogens (primary N) is 1. The Balaban J connectivity index is 1.73. The van der Waals surface area contributed by atoms with E-state index < -0.39 is 5.91 Å². The molecule has 1 aliphatic rings. The van der Waals surface area contributed by atoms with E-state index in [1.807, 2.05) is 32.0 Å². The van der Waals surface area contributed by atoms with Crippen LogP contribution >= 0.6 is 11.3 Å². The van der Waals surface area contributed by atoms with Gasteiger partial charge in [0.1, 0.15) is 10.8 Å². The van der Waals surface area contributed by atoms with Gasteiger partial charge in [-0.05, 0) is 73.3 Å². The SMILES string of the molecule is Cc1ccc(OCC(=O)Nc2sc3c(c2C(N)=O)CC[C@@H](C(C)(C)C)C3)cc1C. The number of primary amides is 1. The number of carbonyl (C=O) groups excluding carboxylic acids is 2. The van der Waals surface area contributed by atoms with Crippen LogP contribution in [0.25, 0.3) is 0 Å². The zero-order valence-electron chi connectivity index (χ0n) is 17.8. The number of rotatable bonds is 5. The molecular weight excluding hydrogens is 384 g/mol. The summed E-state index contributed by atoms with van der Waals surface area (Å²) < 4.78 is 5.62. The summed E-state index contributed by atoms with van der Waals surface area (Å²) in [6, 6.07) is 5.72. The van der Waals surface area contributed by atoms with Crippen LogP contribution in [0.4, 0.5) is 5.00 Å². The number of ether oxygens (including phenoxy) is 1. The molecule has 0 radical (unpaired) electrons. The van der Waals surface area contributed by atoms with E-state index in [2.05, 4.69) is 26.1 Å². The van der Waals surface area contributed by atoms with Crippen molar-refractivity contribution in [3.8, 4) is 5.75 Å². The molecule has 0 saturated carbocycles. The van der Waals surface area contributed by atoms with Crippen LogP contribution in [-0.2, 0) is 17.6 Å². The lowest BCUT2D eigenvalue weighted by atomic mass is 9.72. The van der Waals surface area contributed by atoms with E-state index in [1.165, 1.54) is 16.9 Å². The summed E-state index contributed by atoms with van der Waals surface area (Å²) in [6.07, 6.45) is 2.76. The molecule has 0 spiro atoms. The zero-order valence-corrected chi connectivity index (χ0v) is 18.7. The summed E-state index contributed by atoms with van der Waals surface area (Å²) in [5.74, 6) is 0.418. The Morgan fingerprint density at radius 3 is 2.59 bits per heavy atom. The predicted octanol–water partition coefficient (Wildman–Crippen LogP) is 4.63. The third-order valence-electron chi connectivity index (χ3n) is 5.84. The number of thiophene rings is 1. The molecule has 3 rings (SSSR count). The van der Waals surface area contributed by atoms with Crippen molar-refractivity contribution < 1.29 is 14.3 Å². The van der Waals surface area contributed by atoms with Crippen molar-refractivity contribution in [3.63, 3.8) is 0 Å². The van der Waals surface area contributed by atoms with E-state index in [1.54, 1.807) is 0 Å². The molecule has 0 fully saturated rings. The maximum Gasteiger partial charge on any atom is 0.262 e. The summed E-state index contributed by atoms with van der Waals surface area (Å²) in [7, 11) is 0. The van der Waals surface area contributed by atoms with E-state index >= 15 is 0 Å². The Morgan fingerprint density at radius 2 is 1.97 bits per heavy atom. The molecular formula is C23H30N2O3S. The van der Waals surface area contributed by atoms with Crippen molar-refractivity contribution >= 4 is 28.2 Å². The van der Waals surface area contributed by atoms with Gasteiger partial charge in [0.15, 0.2) is 6.61 Å². The number of fused-ring (bicyclic) bond motifs is 1. The van der Waals surface area contributed by atoms with Crippen molar-refractivity contribution in [3.05, 3.63) is 45.3 Å². The molecule has 1 aliphatic carbocycles. The van der Waals surface area contributed by atoms with Gasteiger partial charge in [0, 0.05) is 4.88 Å². The molecule has 5 nitrogen and oxygen atoms in total. The highest BCUT2D eigenvalue weighted by Crippen LogP contribution is 2.44. The largest absolute Gasteiger partial charge is 0.484 e. The van der Waals surface area contributed by atoms with Gasteiger partial charge in [-0.25, -0.2) is 0 Å². The topological polar surface area (TPSA) is 81.4 Å². The van der Waals surface area contributed by atoms with E-state index in [0.717, 1.165) is 35.3 Å². The highest BCUT2D eigenvalue weighted by molar-refractivity contribution is 7.17. The predicted molar refractivity (Wildman–Crippen MR) is 118 cm³/mol. The average Bonchev–Trinajstić information content (AvgIpc) is 2.99. The third-order valence-corrected chi connectivity index (χ3v) is 7.01. The smallest absolute Gasteiger partial charge is 0.262 e. The molecule has 3 N–H and O–H groups in total. The quantitative estimate of drug-likeness (QED) is 0.748. The molecule has 156 valence electrons. The van der Waals surface area contributed by atoms with Crippen molar-refractivity contribution in [2.24, 2.45) is 17.1 Å². The first-order valence-corrected chi connectivity index (χ1v) is 10.8. The molecule has 1 heterocycles. The van der Waals surface area contributed by atoms with Gasteiger partial charge >= 0.3 is 0 Å². The minimum atomic E-state index is -0.484. The minimum absolute atomic E-state index is 0.117. The molecule has 2 aromatic rings. The first kappa shape index (κ1) is 21.4. The van der Waals surface area contributed by atoms with Gasteiger partial charge in [0.05, 0.1) is 5.56 Å². The molecule has 0 aliphatic heterocycles. The molecule has 0 bridgehead atoms. The Bertz CT molecular complexity index is 940. The first-order chi connectivity index (χ1) is 13.6. The fourth-order valence-electron chi connectivity index (χ4n) is 3.79. The summed E-state index contributed by atoms with van der Waals surface area (Å²) in [5.41, 5.74) is 9.63. The molecule has 2 amide bonds. The highest BCUT2D eigenvalue weighted by Gasteiger charge is 2.33. The van der Waals surface area contributed by atoms with Gasteiger partial charge < -0.3 is 15.8 Å². The van der Waals surface area contributed by atoms with E-state index in [9.17, 15) is 9.59 Å². The van der Waals surface area contributed by atoms with Crippen LogP contribution in [0.5, 0.6) is 5.75 Å². The van der Waals surface area contributed by atoms with Gasteiger partial charge in [0.25, 0.3) is 11.8 Å². The molecule has 29 heavy (non-hydrogen) atoms. The molecule has 1 atom stereocenters. The fraction of sp³-hybridized carbons (Fsp3) is 0.478. The molecule has 1 aromatic carbocycles. The van der Waals surface area contributed by atoms with Gasteiger partial charge in [-0.1, -0.05) is 26.8 Å². The van der Waals surface area contributed by atoms with Crippen molar-refractivity contribution in [2.45, 2.75) is 53.9 Å². The number of benzene rings is 1. The number of carbonyl (C=O) groups is 2. The molecule has 0 unspecified atom stereocenters. The van der Waals surface area contributed by atoms with Crippen molar-refractivity contribution in [1.29, 1.82) is 0 Å². The molecule has 0 saturated heterocycles. The lowest BCUT2D eigenvalue weighted by Crippen LogP contribution is -2.27. The number of hydrogen-bond acceptors (Lipinski definition) is 4. The number of anilines is 1. The second kappa shape index (κ2) is 8.19. The van der Waals surface area contributed by atoms with Gasteiger partial charge in [-0.2, -0.15) is 0 Å². The Kier molecular flexibility index (Phi) is 6.03. The van der Waals surface area contributed by atoms with Gasteiger partial charge in [-0.3, -0.25) is 9.59 Å². The molecule has 6 heteroatoms. The number of aryl methyl sites for hydroxylation is 2. The van der Waals surface area contributed by atoms with Crippen LogP contribution in [0, 0.1) is 25.2 Å². The summed E-state index contributed by atoms with van der Waals surface area (Å²) in [6.45, 7) is 10.7. The van der Waals surface area contributed by atoms with Crippen LogP contribution in [-0.4, -0.2) is 18.4 Å². The van der Waals surface area contributed by atoms with Gasteiger partial charge in [0.2, 0.25) is 0 Å². The minimum Gasteiger partial charge on any atom is -0.484 e. The number of amides is 2. The first-order valence-electron chi connectivity index (χ1n) is 10.0. The monoisotopic (exact) mass is 414 g/mol. The van der Waals surface area contributed by atoms with Gasteiger partial charge in [-0.15, -0.1) is 11.3 Å². The standard InChI is InChI=1S/C23H30N2O3S/c1-13-6-8-16(10-14(13)2)28-12-19(26)25-22-20(21(24)27)17-9-7-15(23(3,4)5)11-18(17)29-22/h6,8,10,15H,7,9,11-12H2,1-5H3,(H2,24,27)(H,25,26)/t15-/m1/s1.